The average molecular weight is 428 g/mol. The van der Waals surface area contributed by atoms with Gasteiger partial charge in [-0.25, -0.2) is 14.2 Å². The average Bonchev–Trinajstić information content (AvgIpc) is 3.07. The number of halogens is 4. The molecule has 1 aromatic heterocycles. The molecule has 1 aromatic carbocycles. The standard InChI is InChI=1S/C18H16F4N4O4/c19-11-4-9(6-25-16(28)15-13(27)1-2-26(15)17(29)30)3-10(5-11)12-7-24-14(8-23-12)18(20,21)22/h3-5,7-8,13,15,27H,1-2,6H2,(H,25,28)(H,29,30)/t13-,15-/m1/s1. The SMILES string of the molecule is O=C(NCc1cc(F)cc(-c2cnc(C(F)(F)F)cn2)c1)[C@H]1[C@H](O)CCN1C(=O)O. The number of hydrogen-bond donors (Lipinski definition) is 3. The summed E-state index contributed by atoms with van der Waals surface area (Å²) in [7, 11) is 0. The Bertz CT molecular complexity index is 952. The molecule has 0 spiro atoms. The molecule has 8 nitrogen and oxygen atoms in total. The molecule has 0 radical (unpaired) electrons. The van der Waals surface area contributed by atoms with E-state index in [1.165, 1.54) is 6.07 Å². The number of hydrogen-bond acceptors (Lipinski definition) is 5. The predicted molar refractivity (Wildman–Crippen MR) is 93.4 cm³/mol. The smallest absolute Gasteiger partial charge is 0.434 e. The maximum atomic E-state index is 14.0. The summed E-state index contributed by atoms with van der Waals surface area (Å²) in [6.45, 7) is -0.195. The van der Waals surface area contributed by atoms with Crippen molar-refractivity contribution in [2.45, 2.75) is 31.3 Å². The van der Waals surface area contributed by atoms with E-state index in [1.807, 2.05) is 0 Å². The number of alkyl halides is 3. The van der Waals surface area contributed by atoms with E-state index >= 15 is 0 Å². The van der Waals surface area contributed by atoms with Crippen molar-refractivity contribution in [3.05, 3.63) is 47.7 Å². The van der Waals surface area contributed by atoms with Crippen LogP contribution >= 0.6 is 0 Å². The molecule has 2 atom stereocenters. The quantitative estimate of drug-likeness (QED) is 0.642. The Hall–Kier alpha value is -3.28. The molecule has 1 saturated heterocycles. The Morgan fingerprint density at radius 1 is 1.20 bits per heavy atom. The lowest BCUT2D eigenvalue weighted by atomic mass is 10.1. The van der Waals surface area contributed by atoms with Crippen molar-refractivity contribution in [1.29, 1.82) is 0 Å². The van der Waals surface area contributed by atoms with Crippen molar-refractivity contribution in [3.8, 4) is 11.3 Å². The van der Waals surface area contributed by atoms with Crippen LogP contribution in [0.25, 0.3) is 11.3 Å². The summed E-state index contributed by atoms with van der Waals surface area (Å²) >= 11 is 0. The molecule has 30 heavy (non-hydrogen) atoms. The third kappa shape index (κ3) is 4.64. The lowest BCUT2D eigenvalue weighted by Crippen LogP contribution is -2.49. The van der Waals surface area contributed by atoms with Crippen molar-refractivity contribution in [2.75, 3.05) is 6.54 Å². The van der Waals surface area contributed by atoms with Gasteiger partial charge in [-0.1, -0.05) is 0 Å². The van der Waals surface area contributed by atoms with Crippen molar-refractivity contribution in [2.24, 2.45) is 0 Å². The lowest BCUT2D eigenvalue weighted by molar-refractivity contribution is -0.141. The molecule has 0 unspecified atom stereocenters. The molecule has 3 rings (SSSR count). The first-order valence-corrected chi connectivity index (χ1v) is 8.70. The maximum absolute atomic E-state index is 14.0. The van der Waals surface area contributed by atoms with Gasteiger partial charge < -0.3 is 15.5 Å². The Balaban J connectivity index is 1.74. The van der Waals surface area contributed by atoms with Gasteiger partial charge in [0.25, 0.3) is 0 Å². The van der Waals surface area contributed by atoms with E-state index in [-0.39, 0.29) is 36.3 Å². The second kappa shape index (κ2) is 8.22. The van der Waals surface area contributed by atoms with Crippen molar-refractivity contribution in [3.63, 3.8) is 0 Å². The number of aliphatic hydroxyl groups excluding tert-OH is 1. The second-order valence-electron chi connectivity index (χ2n) is 6.63. The van der Waals surface area contributed by atoms with Crippen LogP contribution in [0.3, 0.4) is 0 Å². The van der Waals surface area contributed by atoms with Gasteiger partial charge in [-0.15, -0.1) is 0 Å². The van der Waals surface area contributed by atoms with Crippen LogP contribution in [-0.2, 0) is 17.5 Å². The fourth-order valence-corrected chi connectivity index (χ4v) is 3.12. The van der Waals surface area contributed by atoms with Crippen LogP contribution in [0.4, 0.5) is 22.4 Å². The number of carbonyl (C=O) groups excluding carboxylic acids is 1. The van der Waals surface area contributed by atoms with Crippen molar-refractivity contribution >= 4 is 12.0 Å². The van der Waals surface area contributed by atoms with Gasteiger partial charge in [-0.05, 0) is 30.2 Å². The summed E-state index contributed by atoms with van der Waals surface area (Å²) in [6, 6.07) is 2.27. The van der Waals surface area contributed by atoms with Crippen molar-refractivity contribution in [1.82, 2.24) is 20.2 Å². The van der Waals surface area contributed by atoms with E-state index in [0.717, 1.165) is 23.2 Å². The molecular weight excluding hydrogens is 412 g/mol. The predicted octanol–water partition coefficient (Wildman–Crippen LogP) is 2.03. The largest absolute Gasteiger partial charge is 0.465 e. The summed E-state index contributed by atoms with van der Waals surface area (Å²) in [5, 5.41) is 21.4. The van der Waals surface area contributed by atoms with Gasteiger partial charge in [-0.3, -0.25) is 14.7 Å². The fraction of sp³-hybridized carbons (Fsp3) is 0.333. The molecule has 2 aromatic rings. The van der Waals surface area contributed by atoms with Crippen LogP contribution in [0, 0.1) is 5.82 Å². The lowest BCUT2D eigenvalue weighted by Gasteiger charge is -2.22. The number of benzene rings is 1. The Kier molecular flexibility index (Phi) is 5.87. The third-order valence-electron chi connectivity index (χ3n) is 4.54. The van der Waals surface area contributed by atoms with Crippen LogP contribution in [0.5, 0.6) is 0 Å². The highest BCUT2D eigenvalue weighted by Gasteiger charge is 2.41. The number of carboxylic acid groups (broad SMARTS) is 1. The van der Waals surface area contributed by atoms with E-state index in [2.05, 4.69) is 15.3 Å². The number of carbonyl (C=O) groups is 2. The molecule has 0 aliphatic carbocycles. The number of likely N-dealkylation sites (tertiary alicyclic amines) is 1. The summed E-state index contributed by atoms with van der Waals surface area (Å²) < 4.78 is 51.8. The van der Waals surface area contributed by atoms with Crippen LogP contribution in [0.15, 0.2) is 30.6 Å². The first-order chi connectivity index (χ1) is 14.1. The minimum Gasteiger partial charge on any atom is -0.465 e. The molecule has 0 saturated carbocycles. The molecule has 2 amide bonds. The van der Waals surface area contributed by atoms with Crippen LogP contribution < -0.4 is 5.32 Å². The molecule has 160 valence electrons. The molecule has 12 heteroatoms. The summed E-state index contributed by atoms with van der Waals surface area (Å²) in [4.78, 5) is 31.2. The van der Waals surface area contributed by atoms with Crippen molar-refractivity contribution < 1.29 is 37.4 Å². The van der Waals surface area contributed by atoms with Gasteiger partial charge >= 0.3 is 12.3 Å². The molecular formula is C18H16F4N4O4. The number of aromatic nitrogens is 2. The number of nitrogens with one attached hydrogen (secondary N) is 1. The van der Waals surface area contributed by atoms with Gasteiger partial charge in [0.1, 0.15) is 11.9 Å². The van der Waals surface area contributed by atoms with E-state index in [1.54, 1.807) is 0 Å². The number of nitrogens with zero attached hydrogens (tertiary/aromatic N) is 3. The topological polar surface area (TPSA) is 116 Å². The summed E-state index contributed by atoms with van der Waals surface area (Å²) in [6.07, 6.45) is -5.66. The fourth-order valence-electron chi connectivity index (χ4n) is 3.12. The molecule has 0 bridgehead atoms. The van der Waals surface area contributed by atoms with Crippen LogP contribution in [0.2, 0.25) is 0 Å². The minimum atomic E-state index is -4.66. The molecule has 2 heterocycles. The van der Waals surface area contributed by atoms with Gasteiger partial charge in [0, 0.05) is 18.7 Å². The second-order valence-corrected chi connectivity index (χ2v) is 6.63. The Morgan fingerprint density at radius 3 is 2.53 bits per heavy atom. The van der Waals surface area contributed by atoms with Gasteiger partial charge in [0.2, 0.25) is 5.91 Å². The molecule has 3 N–H and O–H groups in total. The number of aliphatic hydroxyl groups is 1. The normalized spacial score (nSPS) is 19.0. The summed E-state index contributed by atoms with van der Waals surface area (Å²) in [5.74, 6) is -1.46. The van der Waals surface area contributed by atoms with Gasteiger partial charge in [0.15, 0.2) is 5.69 Å². The number of rotatable bonds is 4. The monoisotopic (exact) mass is 428 g/mol. The molecule has 1 aliphatic rings. The zero-order valence-electron chi connectivity index (χ0n) is 15.2. The Morgan fingerprint density at radius 2 is 1.93 bits per heavy atom. The third-order valence-corrected chi connectivity index (χ3v) is 4.54. The van der Waals surface area contributed by atoms with E-state index in [0.29, 0.717) is 6.20 Å². The highest BCUT2D eigenvalue weighted by atomic mass is 19.4. The van der Waals surface area contributed by atoms with E-state index in [9.17, 15) is 32.3 Å². The van der Waals surface area contributed by atoms with Gasteiger partial charge in [-0.2, -0.15) is 13.2 Å². The number of amides is 2. The van der Waals surface area contributed by atoms with Gasteiger partial charge in [0.05, 0.1) is 24.2 Å². The maximum Gasteiger partial charge on any atom is 0.434 e. The first kappa shape index (κ1) is 21.4. The first-order valence-electron chi connectivity index (χ1n) is 8.70. The molecule has 1 fully saturated rings. The highest BCUT2D eigenvalue weighted by Crippen LogP contribution is 2.28. The van der Waals surface area contributed by atoms with E-state index in [4.69, 9.17) is 5.11 Å². The minimum absolute atomic E-state index is 0.00153. The Labute approximate surface area is 167 Å². The summed E-state index contributed by atoms with van der Waals surface area (Å²) in [5.41, 5.74) is -0.783. The zero-order chi connectivity index (χ0) is 22.1. The van der Waals surface area contributed by atoms with Crippen LogP contribution in [-0.4, -0.2) is 55.8 Å². The van der Waals surface area contributed by atoms with Crippen LogP contribution in [0.1, 0.15) is 17.7 Å². The molecule has 1 aliphatic heterocycles. The highest BCUT2D eigenvalue weighted by molar-refractivity contribution is 5.86. The van der Waals surface area contributed by atoms with E-state index < -0.39 is 41.8 Å². The zero-order valence-corrected chi connectivity index (χ0v) is 15.2.